The molecule has 3 aromatic carbocycles. The van der Waals surface area contributed by atoms with Gasteiger partial charge in [0, 0.05) is 17.4 Å². The van der Waals surface area contributed by atoms with Crippen LogP contribution in [0.2, 0.25) is 0 Å². The van der Waals surface area contributed by atoms with Crippen molar-refractivity contribution in [2.75, 3.05) is 27.9 Å². The summed E-state index contributed by atoms with van der Waals surface area (Å²) in [6.45, 7) is 0.600. The molecule has 0 saturated heterocycles. The number of fused-ring (bicyclic) bond motifs is 1. The van der Waals surface area contributed by atoms with E-state index < -0.39 is 0 Å². The van der Waals surface area contributed by atoms with Gasteiger partial charge < -0.3 is 18.9 Å². The van der Waals surface area contributed by atoms with Crippen molar-refractivity contribution in [3.63, 3.8) is 0 Å². The predicted octanol–water partition coefficient (Wildman–Crippen LogP) is 5.02. The van der Waals surface area contributed by atoms with E-state index in [1.165, 1.54) is 11.1 Å². The third-order valence-corrected chi connectivity index (χ3v) is 5.39. The van der Waals surface area contributed by atoms with Gasteiger partial charge in [-0.05, 0) is 41.5 Å². The summed E-state index contributed by atoms with van der Waals surface area (Å²) in [6.07, 6.45) is 0. The van der Waals surface area contributed by atoms with Crippen molar-refractivity contribution >= 4 is 0 Å². The summed E-state index contributed by atoms with van der Waals surface area (Å²) in [5.41, 5.74) is 3.59. The van der Waals surface area contributed by atoms with E-state index in [1.54, 1.807) is 21.3 Å². The van der Waals surface area contributed by atoms with E-state index in [9.17, 15) is 0 Å². The highest BCUT2D eigenvalue weighted by Gasteiger charge is 2.33. The molecular weight excluding hydrogens is 352 g/mol. The van der Waals surface area contributed by atoms with Gasteiger partial charge in [-0.15, -0.1) is 0 Å². The van der Waals surface area contributed by atoms with Gasteiger partial charge in [-0.2, -0.15) is 0 Å². The average molecular weight is 376 g/mol. The predicted molar refractivity (Wildman–Crippen MR) is 109 cm³/mol. The molecule has 0 bridgehead atoms. The van der Waals surface area contributed by atoms with Crippen LogP contribution >= 0.6 is 0 Å². The third kappa shape index (κ3) is 3.26. The van der Waals surface area contributed by atoms with E-state index in [1.807, 2.05) is 30.3 Å². The molecular formula is C24H24O4. The van der Waals surface area contributed by atoms with E-state index >= 15 is 0 Å². The maximum Gasteiger partial charge on any atom is 0.160 e. The molecule has 144 valence electrons. The Bertz CT molecular complexity index is 949. The first-order valence-electron chi connectivity index (χ1n) is 9.32. The van der Waals surface area contributed by atoms with Crippen LogP contribution in [-0.4, -0.2) is 27.9 Å². The van der Waals surface area contributed by atoms with Gasteiger partial charge in [0.2, 0.25) is 0 Å². The van der Waals surface area contributed by atoms with Crippen molar-refractivity contribution < 1.29 is 18.9 Å². The van der Waals surface area contributed by atoms with Crippen LogP contribution in [0, 0.1) is 0 Å². The van der Waals surface area contributed by atoms with Crippen molar-refractivity contribution in [2.24, 2.45) is 0 Å². The minimum atomic E-state index is 0.156. The topological polar surface area (TPSA) is 36.9 Å². The van der Waals surface area contributed by atoms with E-state index in [-0.39, 0.29) is 11.8 Å². The molecule has 28 heavy (non-hydrogen) atoms. The Kier molecular flexibility index (Phi) is 5.11. The molecule has 0 spiro atoms. The van der Waals surface area contributed by atoms with Gasteiger partial charge in [-0.1, -0.05) is 36.4 Å². The maximum atomic E-state index is 6.12. The molecule has 4 heteroatoms. The summed E-state index contributed by atoms with van der Waals surface area (Å²) in [5.74, 6) is 3.58. The highest BCUT2D eigenvalue weighted by Crippen LogP contribution is 2.47. The number of methoxy groups -OCH3 is 3. The lowest BCUT2D eigenvalue weighted by molar-refractivity contribution is 0.248. The molecule has 0 aliphatic carbocycles. The molecule has 4 rings (SSSR count). The quantitative estimate of drug-likeness (QED) is 0.626. The molecule has 0 aromatic heterocycles. The fourth-order valence-electron chi connectivity index (χ4n) is 3.96. The average Bonchev–Trinajstić information content (AvgIpc) is 2.78. The van der Waals surface area contributed by atoms with Crippen LogP contribution < -0.4 is 18.9 Å². The van der Waals surface area contributed by atoms with Crippen LogP contribution in [0.3, 0.4) is 0 Å². The van der Waals surface area contributed by atoms with Gasteiger partial charge >= 0.3 is 0 Å². The summed E-state index contributed by atoms with van der Waals surface area (Å²) in [5, 5.41) is 0. The minimum Gasteiger partial charge on any atom is -0.497 e. The lowest BCUT2D eigenvalue weighted by Gasteiger charge is -2.34. The van der Waals surface area contributed by atoms with Crippen LogP contribution in [0.15, 0.2) is 66.7 Å². The zero-order valence-electron chi connectivity index (χ0n) is 16.3. The summed E-state index contributed by atoms with van der Waals surface area (Å²) >= 11 is 0. The summed E-state index contributed by atoms with van der Waals surface area (Å²) < 4.78 is 22.4. The largest absolute Gasteiger partial charge is 0.497 e. The van der Waals surface area contributed by atoms with Gasteiger partial charge in [0.1, 0.15) is 11.5 Å². The Morgan fingerprint density at radius 1 is 0.750 bits per heavy atom. The van der Waals surface area contributed by atoms with Crippen LogP contribution in [0.5, 0.6) is 23.0 Å². The summed E-state index contributed by atoms with van der Waals surface area (Å²) in [6, 6.07) is 22.7. The first-order chi connectivity index (χ1) is 13.7. The molecule has 2 atom stereocenters. The number of para-hydroxylation sites is 1. The van der Waals surface area contributed by atoms with Gasteiger partial charge in [0.15, 0.2) is 11.5 Å². The van der Waals surface area contributed by atoms with Crippen LogP contribution in [0.1, 0.15) is 28.5 Å². The first kappa shape index (κ1) is 18.2. The van der Waals surface area contributed by atoms with E-state index in [4.69, 9.17) is 18.9 Å². The Balaban J connectivity index is 1.81. The smallest absolute Gasteiger partial charge is 0.160 e. The Hall–Kier alpha value is -3.14. The van der Waals surface area contributed by atoms with Gasteiger partial charge in [-0.3, -0.25) is 0 Å². The van der Waals surface area contributed by atoms with Crippen LogP contribution in [0.4, 0.5) is 0 Å². The standard InChI is InChI=1S/C24H24O4/c1-25-18-11-8-16(9-12-18)24-19-6-4-5-7-21(19)28-15-20(24)17-10-13-22(26-2)23(14-17)27-3/h4-14,20,24H,15H2,1-3H3. The van der Waals surface area contributed by atoms with Crippen molar-refractivity contribution in [1.82, 2.24) is 0 Å². The first-order valence-corrected chi connectivity index (χ1v) is 9.32. The normalized spacial score (nSPS) is 18.0. The molecule has 0 radical (unpaired) electrons. The molecule has 3 aromatic rings. The molecule has 0 amide bonds. The minimum absolute atomic E-state index is 0.156. The Morgan fingerprint density at radius 2 is 1.46 bits per heavy atom. The third-order valence-electron chi connectivity index (χ3n) is 5.39. The second kappa shape index (κ2) is 7.85. The summed E-state index contributed by atoms with van der Waals surface area (Å²) in [4.78, 5) is 0. The fourth-order valence-corrected chi connectivity index (χ4v) is 3.96. The molecule has 0 saturated carbocycles. The van der Waals surface area contributed by atoms with E-state index in [0.29, 0.717) is 6.61 Å². The number of hydrogen-bond acceptors (Lipinski definition) is 4. The van der Waals surface area contributed by atoms with Gasteiger partial charge in [0.05, 0.1) is 27.9 Å². The van der Waals surface area contributed by atoms with Gasteiger partial charge in [-0.25, -0.2) is 0 Å². The number of rotatable bonds is 5. The van der Waals surface area contributed by atoms with E-state index in [0.717, 1.165) is 28.6 Å². The number of benzene rings is 3. The van der Waals surface area contributed by atoms with Gasteiger partial charge in [0.25, 0.3) is 0 Å². The zero-order chi connectivity index (χ0) is 19.5. The number of ether oxygens (including phenoxy) is 4. The second-order valence-electron chi connectivity index (χ2n) is 6.82. The molecule has 1 aliphatic heterocycles. The molecule has 1 heterocycles. The number of hydrogen-bond donors (Lipinski definition) is 0. The maximum absolute atomic E-state index is 6.12. The Morgan fingerprint density at radius 3 is 2.18 bits per heavy atom. The molecule has 4 nitrogen and oxygen atoms in total. The molecule has 2 unspecified atom stereocenters. The lowest BCUT2D eigenvalue weighted by Crippen LogP contribution is -2.25. The highest BCUT2D eigenvalue weighted by atomic mass is 16.5. The van der Waals surface area contributed by atoms with Crippen molar-refractivity contribution in [1.29, 1.82) is 0 Å². The molecule has 0 N–H and O–H groups in total. The zero-order valence-corrected chi connectivity index (χ0v) is 16.3. The summed E-state index contributed by atoms with van der Waals surface area (Å²) in [7, 11) is 5.00. The van der Waals surface area contributed by atoms with Crippen molar-refractivity contribution in [3.8, 4) is 23.0 Å². The van der Waals surface area contributed by atoms with Crippen LogP contribution in [-0.2, 0) is 0 Å². The molecule has 0 fully saturated rings. The van der Waals surface area contributed by atoms with Crippen molar-refractivity contribution in [2.45, 2.75) is 11.8 Å². The van der Waals surface area contributed by atoms with Crippen LogP contribution in [0.25, 0.3) is 0 Å². The van der Waals surface area contributed by atoms with Crippen molar-refractivity contribution in [3.05, 3.63) is 83.4 Å². The SMILES string of the molecule is COc1ccc(C2c3ccccc3OCC2c2ccc(OC)c(OC)c2)cc1. The lowest BCUT2D eigenvalue weighted by atomic mass is 9.76. The second-order valence-corrected chi connectivity index (χ2v) is 6.82. The molecule has 1 aliphatic rings. The monoisotopic (exact) mass is 376 g/mol. The highest BCUT2D eigenvalue weighted by molar-refractivity contribution is 5.51. The Labute approximate surface area is 165 Å². The van der Waals surface area contributed by atoms with E-state index in [2.05, 4.69) is 36.4 Å². The fraction of sp³-hybridized carbons (Fsp3) is 0.250.